The van der Waals surface area contributed by atoms with Crippen LogP contribution in [0, 0.1) is 5.41 Å². The Bertz CT molecular complexity index is 434. The van der Waals surface area contributed by atoms with E-state index in [-0.39, 0.29) is 23.2 Å². The molecule has 20 heavy (non-hydrogen) atoms. The van der Waals surface area contributed by atoms with Gasteiger partial charge in [0.1, 0.15) is 0 Å². The van der Waals surface area contributed by atoms with Gasteiger partial charge in [-0.3, -0.25) is 4.90 Å². The Morgan fingerprint density at radius 2 is 2.00 bits per heavy atom. The van der Waals surface area contributed by atoms with Crippen molar-refractivity contribution in [2.45, 2.75) is 59.0 Å². The van der Waals surface area contributed by atoms with Crippen molar-refractivity contribution in [1.82, 2.24) is 4.90 Å². The molecule has 0 spiro atoms. The van der Waals surface area contributed by atoms with Gasteiger partial charge in [0.25, 0.3) is 0 Å². The number of nitrogens with two attached hydrogens (primary N) is 1. The Labute approximate surface area is 134 Å². The zero-order valence-corrected chi connectivity index (χ0v) is 15.0. The molecule has 0 aromatic carbocycles. The zero-order chi connectivity index (χ0) is 14.3. The van der Waals surface area contributed by atoms with Crippen LogP contribution in [0.2, 0.25) is 0 Å². The van der Waals surface area contributed by atoms with Gasteiger partial charge in [0.05, 0.1) is 0 Å². The molecule has 1 aromatic heterocycles. The molecular formula is C16H29ClN2S. The largest absolute Gasteiger partial charge is 0.327 e. The molecule has 1 aliphatic rings. The van der Waals surface area contributed by atoms with Crippen molar-refractivity contribution in [1.29, 1.82) is 0 Å². The molecule has 1 aliphatic heterocycles. The molecule has 0 radical (unpaired) electrons. The molecule has 2 nitrogen and oxygen atoms in total. The highest BCUT2D eigenvalue weighted by molar-refractivity contribution is 7.12. The summed E-state index contributed by atoms with van der Waals surface area (Å²) in [5, 5.41) is 0. The van der Waals surface area contributed by atoms with Gasteiger partial charge < -0.3 is 5.73 Å². The van der Waals surface area contributed by atoms with E-state index >= 15 is 0 Å². The number of likely N-dealkylation sites (tertiary alicyclic amines) is 1. The van der Waals surface area contributed by atoms with Crippen molar-refractivity contribution in [3.8, 4) is 0 Å². The summed E-state index contributed by atoms with van der Waals surface area (Å²) in [6.45, 7) is 14.8. The van der Waals surface area contributed by atoms with Crippen molar-refractivity contribution < 1.29 is 0 Å². The molecule has 0 bridgehead atoms. The minimum absolute atomic E-state index is 0. The van der Waals surface area contributed by atoms with Crippen LogP contribution in [-0.2, 0) is 12.0 Å². The number of rotatable bonds is 2. The monoisotopic (exact) mass is 316 g/mol. The molecular weight excluding hydrogens is 288 g/mol. The number of thiophene rings is 1. The normalized spacial score (nSPS) is 23.4. The van der Waals surface area contributed by atoms with Crippen LogP contribution in [0.15, 0.2) is 12.1 Å². The van der Waals surface area contributed by atoms with E-state index in [1.165, 1.54) is 9.75 Å². The van der Waals surface area contributed by atoms with Gasteiger partial charge in [0.15, 0.2) is 0 Å². The Balaban J connectivity index is 0.00000200. The maximum absolute atomic E-state index is 6.21. The van der Waals surface area contributed by atoms with Crippen molar-refractivity contribution in [2.24, 2.45) is 11.1 Å². The van der Waals surface area contributed by atoms with Crippen LogP contribution in [-0.4, -0.2) is 24.0 Å². The van der Waals surface area contributed by atoms with E-state index in [1.807, 2.05) is 11.3 Å². The molecule has 2 N–H and O–H groups in total. The van der Waals surface area contributed by atoms with Crippen molar-refractivity contribution in [2.75, 3.05) is 13.1 Å². The third-order valence-corrected chi connectivity index (χ3v) is 5.67. The van der Waals surface area contributed by atoms with Gasteiger partial charge in [-0.1, -0.05) is 34.6 Å². The lowest BCUT2D eigenvalue weighted by molar-refractivity contribution is 0.0907. The van der Waals surface area contributed by atoms with E-state index in [2.05, 4.69) is 51.7 Å². The lowest BCUT2D eigenvalue weighted by atomic mass is 9.80. The first-order valence-corrected chi connectivity index (χ1v) is 8.07. The topological polar surface area (TPSA) is 29.3 Å². The standard InChI is InChI=1S/C16H28N2S.ClH/c1-15(2,3)14-7-6-12(19-14)10-18-9-8-13(17)16(4,5)11-18;/h6-7,13H,8-11,17H2,1-5H3;1H. The summed E-state index contributed by atoms with van der Waals surface area (Å²) < 4.78 is 0. The highest BCUT2D eigenvalue weighted by atomic mass is 35.5. The Morgan fingerprint density at radius 3 is 2.50 bits per heavy atom. The van der Waals surface area contributed by atoms with Crippen molar-refractivity contribution >= 4 is 23.7 Å². The van der Waals surface area contributed by atoms with Gasteiger partial charge in [-0.05, 0) is 29.4 Å². The van der Waals surface area contributed by atoms with Crippen LogP contribution in [0.25, 0.3) is 0 Å². The summed E-state index contributed by atoms with van der Waals surface area (Å²) >= 11 is 1.96. The predicted molar refractivity (Wildman–Crippen MR) is 91.9 cm³/mol. The second-order valence-corrected chi connectivity index (χ2v) is 8.78. The number of halogens is 1. The molecule has 116 valence electrons. The van der Waals surface area contributed by atoms with Crippen LogP contribution in [0.5, 0.6) is 0 Å². The quantitative estimate of drug-likeness (QED) is 0.892. The minimum atomic E-state index is 0. The molecule has 0 saturated carbocycles. The van der Waals surface area contributed by atoms with Crippen LogP contribution >= 0.6 is 23.7 Å². The van der Waals surface area contributed by atoms with Crippen LogP contribution in [0.1, 0.15) is 50.8 Å². The molecule has 0 aliphatic carbocycles. The average Bonchev–Trinajstić information content (AvgIpc) is 2.71. The van der Waals surface area contributed by atoms with Crippen LogP contribution in [0.4, 0.5) is 0 Å². The molecule has 2 rings (SSSR count). The third-order valence-electron chi connectivity index (χ3n) is 4.17. The Morgan fingerprint density at radius 1 is 1.35 bits per heavy atom. The summed E-state index contributed by atoms with van der Waals surface area (Å²) in [7, 11) is 0. The smallest absolute Gasteiger partial charge is 0.0328 e. The van der Waals surface area contributed by atoms with E-state index in [1.54, 1.807) is 0 Å². The summed E-state index contributed by atoms with van der Waals surface area (Å²) in [4.78, 5) is 5.52. The van der Waals surface area contributed by atoms with Gasteiger partial charge in [0.2, 0.25) is 0 Å². The van der Waals surface area contributed by atoms with Gasteiger partial charge in [0, 0.05) is 35.4 Å². The van der Waals surface area contributed by atoms with Crippen LogP contribution < -0.4 is 5.73 Å². The molecule has 4 heteroatoms. The molecule has 1 aromatic rings. The lowest BCUT2D eigenvalue weighted by Crippen LogP contribution is -2.51. The molecule has 1 saturated heterocycles. The Kier molecular flexibility index (Phi) is 5.70. The SMILES string of the molecule is CC(C)(C)c1ccc(CN2CCC(N)C(C)(C)C2)s1.Cl. The van der Waals surface area contributed by atoms with E-state index < -0.39 is 0 Å². The van der Waals surface area contributed by atoms with E-state index in [9.17, 15) is 0 Å². The molecule has 2 heterocycles. The summed E-state index contributed by atoms with van der Waals surface area (Å²) in [6.07, 6.45) is 1.12. The van der Waals surface area contributed by atoms with Crippen molar-refractivity contribution in [3.05, 3.63) is 21.9 Å². The van der Waals surface area contributed by atoms with Gasteiger partial charge >= 0.3 is 0 Å². The lowest BCUT2D eigenvalue weighted by Gasteiger charge is -2.42. The predicted octanol–water partition coefficient (Wildman–Crippen LogP) is 4.03. The van der Waals surface area contributed by atoms with Gasteiger partial charge in [-0.25, -0.2) is 0 Å². The molecule has 0 amide bonds. The second kappa shape index (κ2) is 6.35. The van der Waals surface area contributed by atoms with E-state index in [0.717, 1.165) is 26.1 Å². The zero-order valence-electron chi connectivity index (χ0n) is 13.4. The number of hydrogen-bond donors (Lipinski definition) is 1. The first kappa shape index (κ1) is 18.0. The van der Waals surface area contributed by atoms with E-state index in [0.29, 0.717) is 6.04 Å². The highest BCUT2D eigenvalue weighted by Crippen LogP contribution is 2.32. The number of piperidine rings is 1. The fourth-order valence-electron chi connectivity index (χ4n) is 2.71. The fraction of sp³-hybridized carbons (Fsp3) is 0.750. The minimum Gasteiger partial charge on any atom is -0.327 e. The molecule has 1 unspecified atom stereocenters. The first-order chi connectivity index (χ1) is 8.68. The summed E-state index contributed by atoms with van der Waals surface area (Å²) in [5.74, 6) is 0. The van der Waals surface area contributed by atoms with Crippen LogP contribution in [0.3, 0.4) is 0 Å². The summed E-state index contributed by atoms with van der Waals surface area (Å²) in [5.41, 5.74) is 6.71. The van der Waals surface area contributed by atoms with Crippen molar-refractivity contribution in [3.63, 3.8) is 0 Å². The Hall–Kier alpha value is -0.0900. The average molecular weight is 317 g/mol. The van der Waals surface area contributed by atoms with E-state index in [4.69, 9.17) is 5.73 Å². The fourth-order valence-corrected chi connectivity index (χ4v) is 3.81. The summed E-state index contributed by atoms with van der Waals surface area (Å²) in [6, 6.07) is 4.94. The second-order valence-electron chi connectivity index (χ2n) is 7.61. The third kappa shape index (κ3) is 4.20. The molecule has 1 atom stereocenters. The molecule has 1 fully saturated rings. The van der Waals surface area contributed by atoms with Gasteiger partial charge in [-0.2, -0.15) is 0 Å². The number of hydrogen-bond acceptors (Lipinski definition) is 3. The number of nitrogens with zero attached hydrogens (tertiary/aromatic N) is 1. The maximum Gasteiger partial charge on any atom is 0.0328 e. The maximum atomic E-state index is 6.21. The first-order valence-electron chi connectivity index (χ1n) is 7.25. The van der Waals surface area contributed by atoms with Gasteiger partial charge in [-0.15, -0.1) is 23.7 Å². The highest BCUT2D eigenvalue weighted by Gasteiger charge is 2.33.